The van der Waals surface area contributed by atoms with Gasteiger partial charge in [0.15, 0.2) is 0 Å². The van der Waals surface area contributed by atoms with Gasteiger partial charge >= 0.3 is 0 Å². The summed E-state index contributed by atoms with van der Waals surface area (Å²) in [6.45, 7) is 5.64. The molecule has 0 saturated carbocycles. The van der Waals surface area contributed by atoms with Gasteiger partial charge in [0.25, 0.3) is 9.24 Å². The Labute approximate surface area is 162 Å². The van der Waals surface area contributed by atoms with Crippen LogP contribution < -0.4 is 11.1 Å². The van der Waals surface area contributed by atoms with Crippen LogP contribution in [0.1, 0.15) is 31.2 Å². The maximum absolute atomic E-state index is 11.3. The molecule has 0 radical (unpaired) electrons. The number of piperidine rings is 1. The van der Waals surface area contributed by atoms with Crippen LogP contribution in [0.4, 0.5) is 0 Å². The van der Waals surface area contributed by atoms with Crippen LogP contribution in [0.2, 0.25) is 0 Å². The van der Waals surface area contributed by atoms with E-state index in [0.29, 0.717) is 25.7 Å². The molecule has 6 nitrogen and oxygen atoms in total. The van der Waals surface area contributed by atoms with Gasteiger partial charge < -0.3 is 11.1 Å². The van der Waals surface area contributed by atoms with Gasteiger partial charge in [0.2, 0.25) is 0 Å². The number of nitrogens with zero attached hydrogens (tertiary/aromatic N) is 2. The van der Waals surface area contributed by atoms with Crippen LogP contribution in [0, 0.1) is 0 Å². The van der Waals surface area contributed by atoms with Crippen LogP contribution in [-0.4, -0.2) is 62.9 Å². The fourth-order valence-electron chi connectivity index (χ4n) is 3.31. The molecule has 2 rings (SSSR count). The van der Waals surface area contributed by atoms with Crippen molar-refractivity contribution in [2.45, 2.75) is 38.3 Å². The van der Waals surface area contributed by atoms with Gasteiger partial charge in [0.05, 0.1) is 0 Å². The van der Waals surface area contributed by atoms with Gasteiger partial charge in [-0.2, -0.15) is 12.7 Å². The van der Waals surface area contributed by atoms with Gasteiger partial charge in [-0.15, -0.1) is 0 Å². The third-order valence-corrected chi connectivity index (χ3v) is 6.34. The molecule has 1 fully saturated rings. The zero-order chi connectivity index (χ0) is 18.8. The standard InChI is InChI=1S/C18H31ClN4O2S/c19-26(24,25)23-14-8-18(9-15-23)21-11-5-13-22(12-4-10-20)16-17-6-2-1-3-7-17/h1-3,6-7,18,21H,4-5,8-16,20H2. The quantitative estimate of drug-likeness (QED) is 0.435. The van der Waals surface area contributed by atoms with E-state index in [4.69, 9.17) is 16.4 Å². The van der Waals surface area contributed by atoms with E-state index in [9.17, 15) is 8.42 Å². The Kier molecular flexibility index (Phi) is 9.31. The van der Waals surface area contributed by atoms with E-state index in [2.05, 4.69) is 34.5 Å². The summed E-state index contributed by atoms with van der Waals surface area (Å²) in [7, 11) is 1.83. The Morgan fingerprint density at radius 1 is 1.15 bits per heavy atom. The zero-order valence-electron chi connectivity index (χ0n) is 15.3. The second-order valence-corrected chi connectivity index (χ2v) is 9.34. The number of nitrogens with two attached hydrogens (primary N) is 1. The minimum Gasteiger partial charge on any atom is -0.330 e. The molecular formula is C18H31ClN4O2S. The van der Waals surface area contributed by atoms with Crippen molar-refractivity contribution in [2.75, 3.05) is 39.3 Å². The van der Waals surface area contributed by atoms with Gasteiger partial charge in [0.1, 0.15) is 0 Å². The first-order valence-electron chi connectivity index (χ1n) is 9.38. The first-order valence-corrected chi connectivity index (χ1v) is 11.6. The molecule has 1 heterocycles. The molecule has 0 amide bonds. The summed E-state index contributed by atoms with van der Waals surface area (Å²) in [5, 5.41) is 3.55. The first kappa shape index (κ1) is 21.6. The van der Waals surface area contributed by atoms with Crippen molar-refractivity contribution in [2.24, 2.45) is 5.73 Å². The van der Waals surface area contributed by atoms with Crippen molar-refractivity contribution < 1.29 is 8.42 Å². The number of benzene rings is 1. The maximum atomic E-state index is 11.3. The number of halogens is 1. The molecule has 1 aromatic rings. The third-order valence-electron chi connectivity index (χ3n) is 4.77. The second-order valence-electron chi connectivity index (χ2n) is 6.83. The number of hydrogen-bond acceptors (Lipinski definition) is 5. The average molecular weight is 403 g/mol. The van der Waals surface area contributed by atoms with Crippen molar-refractivity contribution in [3.8, 4) is 0 Å². The monoisotopic (exact) mass is 402 g/mol. The summed E-state index contributed by atoms with van der Waals surface area (Å²) in [6, 6.07) is 10.9. The molecule has 1 aliphatic heterocycles. The fourth-order valence-corrected chi connectivity index (χ4v) is 4.37. The van der Waals surface area contributed by atoms with E-state index < -0.39 is 9.24 Å². The lowest BCUT2D eigenvalue weighted by Gasteiger charge is -2.30. The Bertz CT molecular complexity index is 607. The van der Waals surface area contributed by atoms with Gasteiger partial charge in [-0.3, -0.25) is 4.90 Å². The van der Waals surface area contributed by atoms with E-state index in [0.717, 1.165) is 51.9 Å². The van der Waals surface area contributed by atoms with E-state index in [1.54, 1.807) is 0 Å². The molecule has 0 aromatic heterocycles. The lowest BCUT2D eigenvalue weighted by Crippen LogP contribution is -2.44. The predicted octanol–water partition coefficient (Wildman–Crippen LogP) is 1.77. The van der Waals surface area contributed by atoms with E-state index >= 15 is 0 Å². The van der Waals surface area contributed by atoms with Crippen molar-refractivity contribution in [3.63, 3.8) is 0 Å². The molecule has 26 heavy (non-hydrogen) atoms. The third kappa shape index (κ3) is 7.90. The number of nitrogens with one attached hydrogen (secondary N) is 1. The van der Waals surface area contributed by atoms with Crippen LogP contribution in [0.3, 0.4) is 0 Å². The van der Waals surface area contributed by atoms with Gasteiger partial charge in [-0.1, -0.05) is 30.3 Å². The SMILES string of the molecule is NCCCN(CCCNC1CCN(S(=O)(=O)Cl)CC1)Cc1ccccc1. The topological polar surface area (TPSA) is 78.7 Å². The Morgan fingerprint density at radius 2 is 1.81 bits per heavy atom. The highest BCUT2D eigenvalue weighted by Crippen LogP contribution is 2.16. The minimum absolute atomic E-state index is 0.372. The molecule has 0 bridgehead atoms. The largest absolute Gasteiger partial charge is 0.330 e. The highest BCUT2D eigenvalue weighted by Gasteiger charge is 2.25. The smallest absolute Gasteiger partial charge is 0.299 e. The van der Waals surface area contributed by atoms with E-state index in [1.165, 1.54) is 9.87 Å². The van der Waals surface area contributed by atoms with Crippen molar-refractivity contribution >= 4 is 19.9 Å². The first-order chi connectivity index (χ1) is 12.5. The van der Waals surface area contributed by atoms with Crippen LogP contribution in [0.15, 0.2) is 30.3 Å². The molecule has 0 aliphatic carbocycles. The van der Waals surface area contributed by atoms with E-state index in [-0.39, 0.29) is 0 Å². The summed E-state index contributed by atoms with van der Waals surface area (Å²) in [6.07, 6.45) is 3.69. The van der Waals surface area contributed by atoms with Crippen LogP contribution in [0.25, 0.3) is 0 Å². The summed E-state index contributed by atoms with van der Waals surface area (Å²) in [5.74, 6) is 0. The van der Waals surface area contributed by atoms with Crippen LogP contribution in [0.5, 0.6) is 0 Å². The Morgan fingerprint density at radius 3 is 2.42 bits per heavy atom. The molecule has 148 valence electrons. The summed E-state index contributed by atoms with van der Waals surface area (Å²) >= 11 is 0. The molecule has 0 atom stereocenters. The molecule has 0 unspecified atom stereocenters. The lowest BCUT2D eigenvalue weighted by atomic mass is 10.1. The average Bonchev–Trinajstić information content (AvgIpc) is 2.63. The van der Waals surface area contributed by atoms with Gasteiger partial charge in [0, 0.05) is 36.4 Å². The molecule has 1 aromatic carbocycles. The lowest BCUT2D eigenvalue weighted by molar-refractivity contribution is 0.250. The van der Waals surface area contributed by atoms with Gasteiger partial charge in [-0.05, 0) is 57.4 Å². The summed E-state index contributed by atoms with van der Waals surface area (Å²) in [4.78, 5) is 2.45. The Hall–Kier alpha value is -0.700. The van der Waals surface area contributed by atoms with Crippen LogP contribution >= 0.6 is 10.7 Å². The van der Waals surface area contributed by atoms with Gasteiger partial charge in [-0.25, -0.2) is 0 Å². The second kappa shape index (κ2) is 11.2. The molecule has 1 aliphatic rings. The fraction of sp³-hybridized carbons (Fsp3) is 0.667. The molecule has 0 spiro atoms. The zero-order valence-corrected chi connectivity index (χ0v) is 16.9. The van der Waals surface area contributed by atoms with E-state index in [1.807, 2.05) is 6.07 Å². The molecule has 1 saturated heterocycles. The summed E-state index contributed by atoms with van der Waals surface area (Å²) in [5.41, 5.74) is 7.00. The Balaban J connectivity index is 1.67. The number of hydrogen-bond donors (Lipinski definition) is 2. The minimum atomic E-state index is -3.56. The summed E-state index contributed by atoms with van der Waals surface area (Å²) < 4.78 is 24.0. The van der Waals surface area contributed by atoms with Crippen LogP contribution in [-0.2, 0) is 15.8 Å². The number of rotatable bonds is 11. The van der Waals surface area contributed by atoms with Crippen molar-refractivity contribution in [1.82, 2.24) is 14.5 Å². The molecule has 3 N–H and O–H groups in total. The van der Waals surface area contributed by atoms with Crippen molar-refractivity contribution in [3.05, 3.63) is 35.9 Å². The highest BCUT2D eigenvalue weighted by atomic mass is 35.7. The molecule has 8 heteroatoms. The maximum Gasteiger partial charge on any atom is 0.299 e. The highest BCUT2D eigenvalue weighted by molar-refractivity contribution is 8.11. The predicted molar refractivity (Wildman–Crippen MR) is 107 cm³/mol. The van der Waals surface area contributed by atoms with Crippen molar-refractivity contribution in [1.29, 1.82) is 0 Å². The normalized spacial score (nSPS) is 17.0. The molecular weight excluding hydrogens is 372 g/mol.